The largest absolute Gasteiger partial charge is 0.456 e. The molecule has 5 atom stereocenters. The minimum absolute atomic E-state index is 0.750. The van der Waals surface area contributed by atoms with E-state index in [1.54, 1.807) is 0 Å². The van der Waals surface area contributed by atoms with Gasteiger partial charge in [-0.15, -0.1) is 0 Å². The predicted octanol–water partition coefficient (Wildman–Crippen LogP) is 1.40. The molecule has 10 heteroatoms. The van der Waals surface area contributed by atoms with E-state index in [1.165, 1.54) is 6.92 Å². The molecule has 7 nitrogen and oxygen atoms in total. The standard InChI is InChI=1S/C13H17ClF2O7/c1-5-9(21-6(2)17)10(22-7(3)18)11(23-8(4)19)12(20-5)13(14,15)16/h5,9-12H,1-4H3/t5-,9+,10+,11-,12+/m0/s1. The Balaban J connectivity index is 3.24. The second kappa shape index (κ2) is 7.39. The Hall–Kier alpha value is -1.48. The highest BCUT2D eigenvalue weighted by Gasteiger charge is 2.58. The van der Waals surface area contributed by atoms with Crippen molar-refractivity contribution >= 4 is 29.5 Å². The molecule has 132 valence electrons. The Bertz CT molecular complexity index is 479. The Kier molecular flexibility index (Phi) is 6.29. The highest BCUT2D eigenvalue weighted by atomic mass is 35.5. The number of esters is 3. The third-order valence-electron chi connectivity index (χ3n) is 3.00. The molecule has 0 unspecified atom stereocenters. The molecular formula is C13H17ClF2O7. The van der Waals surface area contributed by atoms with Crippen LogP contribution in [-0.2, 0) is 33.3 Å². The van der Waals surface area contributed by atoms with Gasteiger partial charge in [-0.3, -0.25) is 14.4 Å². The lowest BCUT2D eigenvalue weighted by Crippen LogP contribution is -2.63. The number of halogens is 3. The number of ether oxygens (including phenoxy) is 4. The first-order chi connectivity index (χ1) is 10.4. The Morgan fingerprint density at radius 1 is 0.913 bits per heavy atom. The van der Waals surface area contributed by atoms with Crippen LogP contribution in [0.2, 0.25) is 0 Å². The second-order valence-corrected chi connectivity index (χ2v) is 5.53. The average Bonchev–Trinajstić information content (AvgIpc) is 2.33. The van der Waals surface area contributed by atoms with Crippen LogP contribution in [0.15, 0.2) is 0 Å². The summed E-state index contributed by atoms with van der Waals surface area (Å²) in [5, 5.41) is -3.91. The maximum atomic E-state index is 13.6. The number of hydrogen-bond acceptors (Lipinski definition) is 7. The molecule has 0 aromatic heterocycles. The molecule has 0 aromatic rings. The molecule has 1 saturated heterocycles. The summed E-state index contributed by atoms with van der Waals surface area (Å²) < 4.78 is 47.0. The van der Waals surface area contributed by atoms with Crippen molar-refractivity contribution in [3.05, 3.63) is 0 Å². The van der Waals surface area contributed by atoms with E-state index >= 15 is 0 Å². The van der Waals surface area contributed by atoms with E-state index in [-0.39, 0.29) is 0 Å². The molecule has 0 aliphatic carbocycles. The van der Waals surface area contributed by atoms with Crippen LogP contribution in [0.25, 0.3) is 0 Å². The van der Waals surface area contributed by atoms with Crippen molar-refractivity contribution in [2.75, 3.05) is 0 Å². The smallest absolute Gasteiger partial charge is 0.351 e. The van der Waals surface area contributed by atoms with Crippen LogP contribution in [0.5, 0.6) is 0 Å². The lowest BCUT2D eigenvalue weighted by molar-refractivity contribution is -0.268. The second-order valence-electron chi connectivity index (χ2n) is 5.03. The molecule has 0 N–H and O–H groups in total. The van der Waals surface area contributed by atoms with Crippen molar-refractivity contribution in [2.45, 2.75) is 63.6 Å². The highest BCUT2D eigenvalue weighted by Crippen LogP contribution is 2.38. The van der Waals surface area contributed by atoms with E-state index < -0.39 is 53.8 Å². The van der Waals surface area contributed by atoms with Gasteiger partial charge in [-0.2, -0.15) is 8.78 Å². The van der Waals surface area contributed by atoms with E-state index in [4.69, 9.17) is 30.5 Å². The van der Waals surface area contributed by atoms with Gasteiger partial charge >= 0.3 is 23.3 Å². The van der Waals surface area contributed by atoms with Crippen LogP contribution in [-0.4, -0.2) is 53.8 Å². The summed E-state index contributed by atoms with van der Waals surface area (Å²) in [4.78, 5) is 33.7. The normalized spacial score (nSPS) is 31.2. The fourth-order valence-electron chi connectivity index (χ4n) is 2.28. The lowest BCUT2D eigenvalue weighted by atomic mass is 9.94. The minimum Gasteiger partial charge on any atom is -0.456 e. The number of carbonyl (C=O) groups is 3. The van der Waals surface area contributed by atoms with E-state index in [9.17, 15) is 23.2 Å². The molecule has 0 aromatic carbocycles. The summed E-state index contributed by atoms with van der Waals surface area (Å²) in [5.41, 5.74) is 0. The molecule has 1 heterocycles. The molecule has 0 amide bonds. The maximum absolute atomic E-state index is 13.6. The van der Waals surface area contributed by atoms with Gasteiger partial charge in [0.1, 0.15) is 0 Å². The van der Waals surface area contributed by atoms with Gasteiger partial charge in [-0.1, -0.05) is 0 Å². The van der Waals surface area contributed by atoms with E-state index in [1.807, 2.05) is 0 Å². The van der Waals surface area contributed by atoms with Crippen molar-refractivity contribution in [3.8, 4) is 0 Å². The summed E-state index contributed by atoms with van der Waals surface area (Å²) in [5.74, 6) is -2.51. The fraction of sp³-hybridized carbons (Fsp3) is 0.769. The zero-order valence-electron chi connectivity index (χ0n) is 12.9. The molecule has 23 heavy (non-hydrogen) atoms. The Labute approximate surface area is 136 Å². The number of rotatable bonds is 4. The fourth-order valence-corrected chi connectivity index (χ4v) is 2.45. The van der Waals surface area contributed by atoms with Crippen molar-refractivity contribution in [2.24, 2.45) is 0 Å². The maximum Gasteiger partial charge on any atom is 0.351 e. The van der Waals surface area contributed by atoms with Crippen LogP contribution in [0.1, 0.15) is 27.7 Å². The third kappa shape index (κ3) is 5.28. The first-order valence-corrected chi connectivity index (χ1v) is 7.05. The quantitative estimate of drug-likeness (QED) is 0.426. The van der Waals surface area contributed by atoms with Crippen molar-refractivity contribution in [3.63, 3.8) is 0 Å². The molecule has 1 aliphatic heterocycles. The molecule has 0 bridgehead atoms. The summed E-state index contributed by atoms with van der Waals surface area (Å²) in [6.07, 6.45) is -7.64. The summed E-state index contributed by atoms with van der Waals surface area (Å²) in [6.45, 7) is 4.43. The summed E-state index contributed by atoms with van der Waals surface area (Å²) in [6, 6.07) is 0. The van der Waals surface area contributed by atoms with Crippen LogP contribution in [0.3, 0.4) is 0 Å². The van der Waals surface area contributed by atoms with E-state index in [0.717, 1.165) is 20.8 Å². The van der Waals surface area contributed by atoms with E-state index in [2.05, 4.69) is 0 Å². The predicted molar refractivity (Wildman–Crippen MR) is 71.8 cm³/mol. The van der Waals surface area contributed by atoms with Crippen molar-refractivity contribution in [1.29, 1.82) is 0 Å². The molecule has 0 saturated carbocycles. The average molecular weight is 359 g/mol. The van der Waals surface area contributed by atoms with Crippen LogP contribution >= 0.6 is 11.6 Å². The van der Waals surface area contributed by atoms with Crippen LogP contribution in [0.4, 0.5) is 8.78 Å². The number of hydrogen-bond donors (Lipinski definition) is 0. The van der Waals surface area contributed by atoms with Crippen LogP contribution in [0, 0.1) is 0 Å². The molecular weight excluding hydrogens is 342 g/mol. The van der Waals surface area contributed by atoms with Crippen molar-refractivity contribution < 1.29 is 42.1 Å². The van der Waals surface area contributed by atoms with Crippen LogP contribution < -0.4 is 0 Å². The van der Waals surface area contributed by atoms with Gasteiger partial charge in [0.25, 0.3) is 0 Å². The molecule has 1 aliphatic rings. The summed E-state index contributed by atoms with van der Waals surface area (Å²) in [7, 11) is 0. The Morgan fingerprint density at radius 3 is 1.70 bits per heavy atom. The van der Waals surface area contributed by atoms with Gasteiger partial charge in [-0.05, 0) is 18.5 Å². The monoisotopic (exact) mass is 358 g/mol. The molecule has 0 radical (unpaired) electrons. The first kappa shape index (κ1) is 19.6. The molecule has 0 spiro atoms. The zero-order valence-corrected chi connectivity index (χ0v) is 13.6. The first-order valence-electron chi connectivity index (χ1n) is 6.67. The SMILES string of the molecule is CC(=O)O[C@@H]1[C@H](OC(C)=O)[C@H](C)O[C@@H](C(F)(F)Cl)[C@H]1OC(C)=O. The lowest BCUT2D eigenvalue weighted by Gasteiger charge is -2.44. The highest BCUT2D eigenvalue weighted by molar-refractivity contribution is 6.22. The van der Waals surface area contributed by atoms with E-state index in [0.29, 0.717) is 0 Å². The third-order valence-corrected chi connectivity index (χ3v) is 3.21. The van der Waals surface area contributed by atoms with Gasteiger partial charge in [0.15, 0.2) is 24.4 Å². The minimum atomic E-state index is -3.91. The number of carbonyl (C=O) groups excluding carboxylic acids is 3. The summed E-state index contributed by atoms with van der Waals surface area (Å²) >= 11 is 5.01. The van der Waals surface area contributed by atoms with Crippen molar-refractivity contribution in [1.82, 2.24) is 0 Å². The number of alkyl halides is 3. The Morgan fingerprint density at radius 2 is 1.30 bits per heavy atom. The zero-order chi connectivity index (χ0) is 17.9. The molecule has 1 rings (SSSR count). The van der Waals surface area contributed by atoms with Gasteiger partial charge in [0, 0.05) is 20.8 Å². The van der Waals surface area contributed by atoms with Gasteiger partial charge in [0.05, 0.1) is 6.10 Å². The molecule has 1 fully saturated rings. The van der Waals surface area contributed by atoms with Gasteiger partial charge < -0.3 is 18.9 Å². The van der Waals surface area contributed by atoms with Gasteiger partial charge in [0.2, 0.25) is 0 Å². The topological polar surface area (TPSA) is 88.1 Å². The van der Waals surface area contributed by atoms with Gasteiger partial charge in [-0.25, -0.2) is 0 Å².